The molecule has 2 heterocycles. The lowest BCUT2D eigenvalue weighted by atomic mass is 10.2. The van der Waals surface area contributed by atoms with Crippen molar-refractivity contribution in [2.24, 2.45) is 0 Å². The number of thioether (sulfide) groups is 1. The molecular weight excluding hydrogens is 380 g/mol. The van der Waals surface area contributed by atoms with E-state index in [9.17, 15) is 4.79 Å². The number of furan rings is 1. The van der Waals surface area contributed by atoms with Crippen LogP contribution in [0.15, 0.2) is 46.2 Å². The predicted octanol–water partition coefficient (Wildman–Crippen LogP) is 3.70. The van der Waals surface area contributed by atoms with Crippen molar-refractivity contribution in [3.8, 4) is 23.1 Å². The first-order chi connectivity index (χ1) is 13.7. The summed E-state index contributed by atoms with van der Waals surface area (Å²) >= 11 is 1.32. The topological polar surface area (TPSA) is 91.4 Å². The molecule has 1 aromatic carbocycles. The number of amides is 1. The van der Waals surface area contributed by atoms with E-state index >= 15 is 0 Å². The molecule has 0 saturated heterocycles. The molecule has 148 valence electrons. The number of benzene rings is 1. The highest BCUT2D eigenvalue weighted by Crippen LogP contribution is 2.29. The Kier molecular flexibility index (Phi) is 6.59. The van der Waals surface area contributed by atoms with Gasteiger partial charge >= 0.3 is 0 Å². The summed E-state index contributed by atoms with van der Waals surface area (Å²) in [6.45, 7) is 2.80. The third kappa shape index (κ3) is 4.48. The molecule has 0 spiro atoms. The number of hydrogen-bond acceptors (Lipinski definition) is 7. The van der Waals surface area contributed by atoms with Crippen LogP contribution < -0.4 is 14.8 Å². The Morgan fingerprint density at radius 1 is 1.25 bits per heavy atom. The summed E-state index contributed by atoms with van der Waals surface area (Å²) in [6, 6.07) is 8.88. The fraction of sp³-hybridized carbons (Fsp3) is 0.316. The van der Waals surface area contributed by atoms with E-state index in [2.05, 4.69) is 22.4 Å². The highest BCUT2D eigenvalue weighted by Gasteiger charge is 2.17. The van der Waals surface area contributed by atoms with Crippen molar-refractivity contribution >= 4 is 23.4 Å². The molecule has 3 aromatic rings. The molecule has 9 heteroatoms. The number of methoxy groups -OCH3 is 2. The molecule has 0 aliphatic heterocycles. The van der Waals surface area contributed by atoms with Gasteiger partial charge in [-0.25, -0.2) is 0 Å². The average Bonchev–Trinajstić information content (AvgIpc) is 3.36. The Hall–Kier alpha value is -2.94. The first kappa shape index (κ1) is 19.8. The van der Waals surface area contributed by atoms with Crippen molar-refractivity contribution < 1.29 is 18.7 Å². The maximum Gasteiger partial charge on any atom is 0.234 e. The minimum absolute atomic E-state index is 0.179. The van der Waals surface area contributed by atoms with Gasteiger partial charge in [-0.15, -0.1) is 10.2 Å². The van der Waals surface area contributed by atoms with Gasteiger partial charge in [0.15, 0.2) is 16.7 Å². The molecule has 0 fully saturated rings. The number of nitrogens with one attached hydrogen (secondary N) is 1. The number of carbonyl (C=O) groups excluding carboxylic acids is 1. The minimum atomic E-state index is -0.179. The molecular formula is C19H22N4O4S. The van der Waals surface area contributed by atoms with E-state index in [0.29, 0.717) is 33.9 Å². The first-order valence-corrected chi connectivity index (χ1v) is 9.76. The maximum absolute atomic E-state index is 12.5. The Bertz CT molecular complexity index is 924. The van der Waals surface area contributed by atoms with Gasteiger partial charge < -0.3 is 19.2 Å². The van der Waals surface area contributed by atoms with Crippen molar-refractivity contribution in [1.29, 1.82) is 0 Å². The van der Waals surface area contributed by atoms with Crippen LogP contribution in [0.2, 0.25) is 0 Å². The molecule has 0 aliphatic rings. The van der Waals surface area contributed by atoms with Gasteiger partial charge in [0, 0.05) is 12.6 Å². The third-order valence-electron chi connectivity index (χ3n) is 3.92. The second kappa shape index (κ2) is 9.32. The Balaban J connectivity index is 1.70. The van der Waals surface area contributed by atoms with Crippen molar-refractivity contribution in [3.05, 3.63) is 36.6 Å². The summed E-state index contributed by atoms with van der Waals surface area (Å²) in [5, 5.41) is 12.0. The van der Waals surface area contributed by atoms with Crippen LogP contribution >= 0.6 is 11.8 Å². The standard InChI is InChI=1S/C19H22N4O4S/c1-4-9-23-18(16-6-5-10-27-16)21-22-19(23)28-12-17(24)20-14-11-13(25-2)7-8-15(14)26-3/h5-8,10-11H,4,9,12H2,1-3H3,(H,20,24). The molecule has 1 N–H and O–H groups in total. The smallest absolute Gasteiger partial charge is 0.234 e. The predicted molar refractivity (Wildman–Crippen MR) is 107 cm³/mol. The van der Waals surface area contributed by atoms with E-state index in [1.807, 2.05) is 16.7 Å². The molecule has 0 radical (unpaired) electrons. The van der Waals surface area contributed by atoms with Gasteiger partial charge in [0.25, 0.3) is 0 Å². The van der Waals surface area contributed by atoms with Gasteiger partial charge in [-0.05, 0) is 30.7 Å². The number of nitrogens with zero attached hydrogens (tertiary/aromatic N) is 3. The number of carbonyl (C=O) groups is 1. The van der Waals surface area contributed by atoms with E-state index in [1.165, 1.54) is 11.8 Å². The Morgan fingerprint density at radius 3 is 2.79 bits per heavy atom. The van der Waals surface area contributed by atoms with Gasteiger partial charge in [-0.1, -0.05) is 18.7 Å². The maximum atomic E-state index is 12.5. The van der Waals surface area contributed by atoms with Crippen molar-refractivity contribution in [1.82, 2.24) is 14.8 Å². The lowest BCUT2D eigenvalue weighted by Crippen LogP contribution is -2.15. The van der Waals surface area contributed by atoms with Crippen LogP contribution in [0.4, 0.5) is 5.69 Å². The van der Waals surface area contributed by atoms with Gasteiger partial charge in [-0.2, -0.15) is 0 Å². The molecule has 8 nitrogen and oxygen atoms in total. The summed E-state index contributed by atoms with van der Waals surface area (Å²) in [5.74, 6) is 2.51. The fourth-order valence-electron chi connectivity index (χ4n) is 2.64. The number of hydrogen-bond donors (Lipinski definition) is 1. The van der Waals surface area contributed by atoms with Gasteiger partial charge in [0.05, 0.1) is 31.9 Å². The first-order valence-electron chi connectivity index (χ1n) is 8.78. The van der Waals surface area contributed by atoms with E-state index < -0.39 is 0 Å². The van der Waals surface area contributed by atoms with Crippen LogP contribution in [0.5, 0.6) is 11.5 Å². The zero-order chi connectivity index (χ0) is 19.9. The molecule has 0 saturated carbocycles. The Morgan fingerprint density at radius 2 is 2.11 bits per heavy atom. The molecule has 28 heavy (non-hydrogen) atoms. The van der Waals surface area contributed by atoms with Gasteiger partial charge in [0.1, 0.15) is 11.5 Å². The summed E-state index contributed by atoms with van der Waals surface area (Å²) in [4.78, 5) is 12.5. The highest BCUT2D eigenvalue weighted by atomic mass is 32.2. The molecule has 0 bridgehead atoms. The second-order valence-corrected chi connectivity index (χ2v) is 6.78. The third-order valence-corrected chi connectivity index (χ3v) is 4.89. The van der Waals surface area contributed by atoms with Crippen LogP contribution in [-0.4, -0.2) is 40.6 Å². The van der Waals surface area contributed by atoms with Gasteiger partial charge in [-0.3, -0.25) is 9.36 Å². The number of aromatic nitrogens is 3. The lowest BCUT2D eigenvalue weighted by molar-refractivity contribution is -0.113. The van der Waals surface area contributed by atoms with Crippen molar-refractivity contribution in [3.63, 3.8) is 0 Å². The second-order valence-electron chi connectivity index (χ2n) is 5.84. The van der Waals surface area contributed by atoms with Gasteiger partial charge in [0.2, 0.25) is 5.91 Å². The monoisotopic (exact) mass is 402 g/mol. The summed E-state index contributed by atoms with van der Waals surface area (Å²) < 4.78 is 17.9. The normalized spacial score (nSPS) is 10.7. The van der Waals surface area contributed by atoms with E-state index in [4.69, 9.17) is 13.9 Å². The zero-order valence-corrected chi connectivity index (χ0v) is 16.8. The quantitative estimate of drug-likeness (QED) is 0.546. The highest BCUT2D eigenvalue weighted by molar-refractivity contribution is 7.99. The number of rotatable bonds is 9. The fourth-order valence-corrected chi connectivity index (χ4v) is 3.40. The average molecular weight is 402 g/mol. The van der Waals surface area contributed by atoms with E-state index in [1.54, 1.807) is 38.7 Å². The Labute approximate surface area is 167 Å². The van der Waals surface area contributed by atoms with Crippen LogP contribution in [0.25, 0.3) is 11.6 Å². The zero-order valence-electron chi connectivity index (χ0n) is 16.0. The van der Waals surface area contributed by atoms with E-state index in [-0.39, 0.29) is 11.7 Å². The van der Waals surface area contributed by atoms with Crippen molar-refractivity contribution in [2.75, 3.05) is 25.3 Å². The molecule has 1 amide bonds. The summed E-state index contributed by atoms with van der Waals surface area (Å²) in [5.41, 5.74) is 0.554. The van der Waals surface area contributed by atoms with Crippen LogP contribution in [0, 0.1) is 0 Å². The minimum Gasteiger partial charge on any atom is -0.497 e. The SMILES string of the molecule is CCCn1c(SCC(=O)Nc2cc(OC)ccc2OC)nnc1-c1ccco1. The molecule has 0 aliphatic carbocycles. The van der Waals surface area contributed by atoms with Crippen LogP contribution in [-0.2, 0) is 11.3 Å². The number of anilines is 1. The molecule has 0 atom stereocenters. The van der Waals surface area contributed by atoms with Crippen LogP contribution in [0.1, 0.15) is 13.3 Å². The molecule has 2 aromatic heterocycles. The molecule has 0 unspecified atom stereocenters. The van der Waals surface area contributed by atoms with E-state index in [0.717, 1.165) is 13.0 Å². The lowest BCUT2D eigenvalue weighted by Gasteiger charge is -2.12. The summed E-state index contributed by atoms with van der Waals surface area (Å²) in [6.07, 6.45) is 2.51. The number of ether oxygens (including phenoxy) is 2. The molecule has 3 rings (SSSR count). The van der Waals surface area contributed by atoms with Crippen molar-refractivity contribution in [2.45, 2.75) is 25.0 Å². The summed E-state index contributed by atoms with van der Waals surface area (Å²) in [7, 11) is 3.12. The largest absolute Gasteiger partial charge is 0.497 e. The van der Waals surface area contributed by atoms with Crippen LogP contribution in [0.3, 0.4) is 0 Å².